The highest BCUT2D eigenvalue weighted by Gasteiger charge is 2.29. The molecule has 0 radical (unpaired) electrons. The molecule has 0 bridgehead atoms. The van der Waals surface area contributed by atoms with E-state index in [0.717, 1.165) is 30.2 Å². The van der Waals surface area contributed by atoms with Crippen molar-refractivity contribution in [3.05, 3.63) is 53.7 Å². The molecule has 9 heteroatoms. The highest BCUT2D eigenvalue weighted by Crippen LogP contribution is 2.31. The van der Waals surface area contributed by atoms with Crippen LogP contribution in [0, 0.1) is 6.92 Å². The first-order valence-electron chi connectivity index (χ1n) is 10.8. The van der Waals surface area contributed by atoms with Gasteiger partial charge in [0.25, 0.3) is 5.91 Å². The van der Waals surface area contributed by atoms with E-state index < -0.39 is 10.0 Å². The summed E-state index contributed by atoms with van der Waals surface area (Å²) in [5.41, 5.74) is 2.08. The predicted octanol–water partition coefficient (Wildman–Crippen LogP) is 3.99. The highest BCUT2D eigenvalue weighted by molar-refractivity contribution is 7.89. The van der Waals surface area contributed by atoms with Crippen LogP contribution in [0.2, 0.25) is 0 Å². The second-order valence-corrected chi connectivity index (χ2v) is 9.87. The molecule has 1 aliphatic rings. The molecule has 0 spiro atoms. The van der Waals surface area contributed by atoms with Crippen LogP contribution in [-0.4, -0.2) is 50.9 Å². The number of pyridine rings is 1. The third kappa shape index (κ3) is 4.65. The zero-order valence-electron chi connectivity index (χ0n) is 18.9. The Balaban J connectivity index is 1.66. The second-order valence-electron chi connectivity index (χ2n) is 7.96. The van der Waals surface area contributed by atoms with Crippen molar-refractivity contribution < 1.29 is 22.7 Å². The number of benzene rings is 2. The number of piperidine rings is 1. The lowest BCUT2D eigenvalue weighted by Gasteiger charge is -2.26. The fraction of sp³-hybridized carbons (Fsp3) is 0.333. The first-order chi connectivity index (χ1) is 15.8. The van der Waals surface area contributed by atoms with Crippen molar-refractivity contribution in [2.24, 2.45) is 0 Å². The quantitative estimate of drug-likeness (QED) is 0.586. The lowest BCUT2D eigenvalue weighted by Crippen LogP contribution is -2.35. The molecule has 1 saturated heterocycles. The van der Waals surface area contributed by atoms with E-state index in [-0.39, 0.29) is 16.6 Å². The monoisotopic (exact) mass is 469 g/mol. The Labute approximate surface area is 193 Å². The Morgan fingerprint density at radius 3 is 2.45 bits per heavy atom. The maximum atomic E-state index is 13.2. The number of nitrogens with zero attached hydrogens (tertiary/aromatic N) is 2. The molecule has 3 aromatic rings. The minimum atomic E-state index is -3.74. The molecule has 4 rings (SSSR count). The summed E-state index contributed by atoms with van der Waals surface area (Å²) < 4.78 is 38.6. The van der Waals surface area contributed by atoms with Crippen molar-refractivity contribution in [3.63, 3.8) is 0 Å². The van der Waals surface area contributed by atoms with E-state index in [2.05, 4.69) is 10.3 Å². The van der Waals surface area contributed by atoms with Gasteiger partial charge in [0.1, 0.15) is 16.4 Å². The van der Waals surface area contributed by atoms with E-state index >= 15 is 0 Å². The van der Waals surface area contributed by atoms with Crippen molar-refractivity contribution in [3.8, 4) is 11.5 Å². The topological polar surface area (TPSA) is 97.8 Å². The molecule has 0 aliphatic carbocycles. The van der Waals surface area contributed by atoms with Gasteiger partial charge in [-0.2, -0.15) is 4.31 Å². The van der Waals surface area contributed by atoms with Gasteiger partial charge in [0.2, 0.25) is 10.0 Å². The molecule has 1 N–H and O–H groups in total. The van der Waals surface area contributed by atoms with Crippen LogP contribution < -0.4 is 14.8 Å². The van der Waals surface area contributed by atoms with Gasteiger partial charge in [-0.25, -0.2) is 8.42 Å². The number of ether oxygens (including phenoxy) is 2. The summed E-state index contributed by atoms with van der Waals surface area (Å²) >= 11 is 0. The zero-order chi connectivity index (χ0) is 23.6. The number of rotatable bonds is 6. The molecule has 1 amide bonds. The molecule has 2 heterocycles. The minimum Gasteiger partial charge on any atom is -0.497 e. The van der Waals surface area contributed by atoms with E-state index in [1.807, 2.05) is 18.2 Å². The van der Waals surface area contributed by atoms with Crippen LogP contribution in [-0.2, 0) is 10.0 Å². The van der Waals surface area contributed by atoms with Gasteiger partial charge >= 0.3 is 0 Å². The molecule has 174 valence electrons. The molecule has 0 unspecified atom stereocenters. The second kappa shape index (κ2) is 9.36. The summed E-state index contributed by atoms with van der Waals surface area (Å²) in [4.78, 5) is 17.6. The Bertz CT molecular complexity index is 1300. The Hall–Kier alpha value is -3.17. The zero-order valence-corrected chi connectivity index (χ0v) is 19.7. The summed E-state index contributed by atoms with van der Waals surface area (Å²) in [5.74, 6) is 0.535. The van der Waals surface area contributed by atoms with Gasteiger partial charge in [-0.1, -0.05) is 6.42 Å². The maximum Gasteiger partial charge on any atom is 0.257 e. The number of hydrogen-bond acceptors (Lipinski definition) is 6. The average Bonchev–Trinajstić information content (AvgIpc) is 2.83. The van der Waals surface area contributed by atoms with Crippen LogP contribution in [0.15, 0.2) is 47.4 Å². The van der Waals surface area contributed by atoms with Crippen molar-refractivity contribution >= 4 is 32.5 Å². The Morgan fingerprint density at radius 1 is 1.00 bits per heavy atom. The molecule has 1 fully saturated rings. The Kier molecular flexibility index (Phi) is 6.53. The van der Waals surface area contributed by atoms with Crippen molar-refractivity contribution in [1.82, 2.24) is 9.29 Å². The third-order valence-corrected chi connectivity index (χ3v) is 7.73. The number of aryl methyl sites for hydroxylation is 1. The first kappa shape index (κ1) is 23.0. The average molecular weight is 470 g/mol. The predicted molar refractivity (Wildman–Crippen MR) is 127 cm³/mol. The SMILES string of the molecule is COc1ccc2nc(C)c(C(=O)Nc3ccc(OC)c(S(=O)(=O)N4CCCCC4)c3)cc2c1. The lowest BCUT2D eigenvalue weighted by atomic mass is 10.1. The number of nitrogens with one attached hydrogen (secondary N) is 1. The smallest absolute Gasteiger partial charge is 0.257 e. The van der Waals surface area contributed by atoms with Gasteiger partial charge in [0.05, 0.1) is 31.0 Å². The minimum absolute atomic E-state index is 0.0443. The summed E-state index contributed by atoms with van der Waals surface area (Å²) in [6, 6.07) is 11.9. The summed E-state index contributed by atoms with van der Waals surface area (Å²) in [6.07, 6.45) is 2.68. The summed E-state index contributed by atoms with van der Waals surface area (Å²) in [5, 5.41) is 3.58. The van der Waals surface area contributed by atoms with Crippen LogP contribution in [0.25, 0.3) is 10.9 Å². The van der Waals surface area contributed by atoms with Gasteiger partial charge in [0.15, 0.2) is 0 Å². The van der Waals surface area contributed by atoms with E-state index in [9.17, 15) is 13.2 Å². The maximum absolute atomic E-state index is 13.2. The van der Waals surface area contributed by atoms with Crippen molar-refractivity contribution in [2.45, 2.75) is 31.1 Å². The highest BCUT2D eigenvalue weighted by atomic mass is 32.2. The van der Waals surface area contributed by atoms with Crippen LogP contribution >= 0.6 is 0 Å². The summed E-state index contributed by atoms with van der Waals surface area (Å²) in [6.45, 7) is 2.72. The fourth-order valence-electron chi connectivity index (χ4n) is 4.01. The van der Waals surface area contributed by atoms with Gasteiger partial charge < -0.3 is 14.8 Å². The van der Waals surface area contributed by atoms with Crippen molar-refractivity contribution in [1.29, 1.82) is 0 Å². The largest absolute Gasteiger partial charge is 0.497 e. The number of amides is 1. The number of carbonyl (C=O) groups is 1. The van der Waals surface area contributed by atoms with E-state index in [1.54, 1.807) is 32.2 Å². The number of carbonyl (C=O) groups excluding carboxylic acids is 1. The van der Waals surface area contributed by atoms with Crippen LogP contribution in [0.1, 0.15) is 35.3 Å². The number of methoxy groups -OCH3 is 2. The molecular weight excluding hydrogens is 442 g/mol. The third-order valence-electron chi connectivity index (χ3n) is 5.81. The number of anilines is 1. The molecule has 0 atom stereocenters. The van der Waals surface area contributed by atoms with Gasteiger partial charge in [-0.15, -0.1) is 0 Å². The standard InChI is InChI=1S/C24H27N3O5S/c1-16-20(14-17-13-19(31-2)8-9-21(17)25-16)24(28)26-18-7-10-22(32-3)23(15-18)33(29,30)27-11-5-4-6-12-27/h7-10,13-15H,4-6,11-12H2,1-3H3,(H,26,28). The molecule has 1 aliphatic heterocycles. The van der Waals surface area contributed by atoms with Gasteiger partial charge in [-0.3, -0.25) is 9.78 Å². The molecular formula is C24H27N3O5S. The van der Waals surface area contributed by atoms with Gasteiger partial charge in [0, 0.05) is 24.2 Å². The molecule has 2 aromatic carbocycles. The van der Waals surface area contributed by atoms with E-state index in [1.165, 1.54) is 17.5 Å². The fourth-order valence-corrected chi connectivity index (χ4v) is 5.71. The van der Waals surface area contributed by atoms with Crippen LogP contribution in [0.4, 0.5) is 5.69 Å². The lowest BCUT2D eigenvalue weighted by molar-refractivity contribution is 0.102. The molecule has 1 aromatic heterocycles. The number of aromatic nitrogens is 1. The van der Waals surface area contributed by atoms with Gasteiger partial charge in [-0.05, 0) is 62.2 Å². The van der Waals surface area contributed by atoms with Crippen molar-refractivity contribution in [2.75, 3.05) is 32.6 Å². The van der Waals surface area contributed by atoms with Crippen LogP contribution in [0.5, 0.6) is 11.5 Å². The molecule has 0 saturated carbocycles. The van der Waals surface area contributed by atoms with E-state index in [0.29, 0.717) is 35.8 Å². The van der Waals surface area contributed by atoms with E-state index in [4.69, 9.17) is 9.47 Å². The number of hydrogen-bond donors (Lipinski definition) is 1. The molecule has 33 heavy (non-hydrogen) atoms. The number of fused-ring (bicyclic) bond motifs is 1. The summed E-state index contributed by atoms with van der Waals surface area (Å²) in [7, 11) is -0.731. The normalized spacial score (nSPS) is 14.8. The first-order valence-corrected chi connectivity index (χ1v) is 12.2. The number of sulfonamides is 1. The van der Waals surface area contributed by atoms with Crippen LogP contribution in [0.3, 0.4) is 0 Å². The Morgan fingerprint density at radius 2 is 1.76 bits per heavy atom. The molecule has 8 nitrogen and oxygen atoms in total.